The van der Waals surface area contributed by atoms with Crippen LogP contribution in [0.3, 0.4) is 0 Å². The third-order valence-electron chi connectivity index (χ3n) is 7.97. The maximum Gasteiger partial charge on any atom is 0.421 e. The number of likely N-dealkylation sites (tertiary alicyclic amines) is 1. The molecule has 1 aliphatic carbocycles. The Kier molecular flexibility index (Phi) is 9.83. The zero-order valence-electron chi connectivity index (χ0n) is 24.2. The van der Waals surface area contributed by atoms with Crippen LogP contribution in [0, 0.1) is 0 Å². The molecule has 42 heavy (non-hydrogen) atoms. The van der Waals surface area contributed by atoms with Crippen molar-refractivity contribution in [2.24, 2.45) is 0 Å². The number of methoxy groups -OCH3 is 1. The van der Waals surface area contributed by atoms with Crippen molar-refractivity contribution in [1.82, 2.24) is 24.5 Å². The first-order valence-corrected chi connectivity index (χ1v) is 15.8. The van der Waals surface area contributed by atoms with E-state index in [0.29, 0.717) is 36.7 Å². The topological polar surface area (TPSA) is 129 Å². The summed E-state index contributed by atoms with van der Waals surface area (Å²) in [6.45, 7) is 4.94. The number of rotatable bonds is 10. The maximum atomic E-state index is 13.9. The van der Waals surface area contributed by atoms with E-state index in [0.717, 1.165) is 38.7 Å². The number of aromatic nitrogens is 2. The number of likely N-dealkylation sites (N-methyl/N-ethyl adjacent to an activating group) is 1. The minimum Gasteiger partial charge on any atom is -0.495 e. The fraction of sp³-hybridized carbons (Fsp3) is 0.593. The first-order valence-electron chi connectivity index (χ1n) is 13.9. The van der Waals surface area contributed by atoms with E-state index in [1.165, 1.54) is 18.5 Å². The third-order valence-corrected chi connectivity index (χ3v) is 9.28. The van der Waals surface area contributed by atoms with E-state index in [2.05, 4.69) is 37.7 Å². The number of halogens is 3. The summed E-state index contributed by atoms with van der Waals surface area (Å²) in [6, 6.07) is 3.70. The Labute approximate surface area is 244 Å². The van der Waals surface area contributed by atoms with Crippen molar-refractivity contribution in [3.05, 3.63) is 35.5 Å². The van der Waals surface area contributed by atoms with E-state index < -0.39 is 39.7 Å². The summed E-state index contributed by atoms with van der Waals surface area (Å²) < 4.78 is 72.4. The monoisotopic (exact) mass is 613 g/mol. The van der Waals surface area contributed by atoms with Gasteiger partial charge < -0.3 is 25.6 Å². The van der Waals surface area contributed by atoms with Gasteiger partial charge in [-0.25, -0.2) is 17.7 Å². The van der Waals surface area contributed by atoms with Gasteiger partial charge in [-0.15, -0.1) is 0 Å². The molecule has 1 aromatic carbocycles. The molecule has 1 aromatic heterocycles. The Balaban J connectivity index is 1.52. The first-order chi connectivity index (χ1) is 19.8. The van der Waals surface area contributed by atoms with Gasteiger partial charge in [0.25, 0.3) is 5.91 Å². The molecule has 2 aliphatic rings. The first kappa shape index (κ1) is 31.8. The second-order valence-corrected chi connectivity index (χ2v) is 12.7. The zero-order valence-corrected chi connectivity index (χ0v) is 25.0. The Bertz CT molecular complexity index is 1370. The second kappa shape index (κ2) is 13.0. The second-order valence-electron chi connectivity index (χ2n) is 10.7. The molecule has 1 saturated carbocycles. The average molecular weight is 614 g/mol. The SMILES string of the molecule is CCN1CCC(NC(=O)c2ccc(Nc3ncc(C(F)(F)F)c(N[C@@H]4CCC[C@H]4N(C)S(C)(=O)=O)n3)c(OC)c2)CC1. The highest BCUT2D eigenvalue weighted by Gasteiger charge is 2.39. The van der Waals surface area contributed by atoms with E-state index in [-0.39, 0.29) is 23.6 Å². The van der Waals surface area contributed by atoms with E-state index in [4.69, 9.17) is 4.74 Å². The van der Waals surface area contributed by atoms with Crippen molar-refractivity contribution in [3.63, 3.8) is 0 Å². The maximum absolute atomic E-state index is 13.9. The lowest BCUT2D eigenvalue weighted by Gasteiger charge is -2.31. The summed E-state index contributed by atoms with van der Waals surface area (Å²) >= 11 is 0. The van der Waals surface area contributed by atoms with Crippen LogP contribution in [-0.4, -0.2) is 91.7 Å². The predicted molar refractivity (Wildman–Crippen MR) is 154 cm³/mol. The van der Waals surface area contributed by atoms with Crippen LogP contribution in [-0.2, 0) is 16.2 Å². The zero-order chi connectivity index (χ0) is 30.7. The number of ether oxygens (including phenoxy) is 1. The standard InChI is InChI=1S/C27H38F3N7O4S/c1-5-37-13-11-18(12-14-37)32-25(38)17-9-10-21(23(15-17)41-3)34-26-31-16-19(27(28,29)30)24(35-26)33-20-7-6-8-22(20)36(2)42(4,39)40/h9-10,15-16,18,20,22H,5-8,11-14H2,1-4H3,(H,32,38)(H2,31,33,34,35)/t20-,22-/m1/s1. The molecule has 232 valence electrons. The van der Waals surface area contributed by atoms with Crippen molar-refractivity contribution in [1.29, 1.82) is 0 Å². The van der Waals surface area contributed by atoms with Crippen LogP contribution in [0.5, 0.6) is 5.75 Å². The van der Waals surface area contributed by atoms with E-state index in [1.807, 2.05) is 0 Å². The lowest BCUT2D eigenvalue weighted by molar-refractivity contribution is -0.137. The molecule has 0 bridgehead atoms. The van der Waals surface area contributed by atoms with Crippen LogP contribution >= 0.6 is 0 Å². The Morgan fingerprint density at radius 2 is 1.90 bits per heavy atom. The normalized spacial score (nSPS) is 20.5. The number of sulfonamides is 1. The quantitative estimate of drug-likeness (QED) is 0.368. The van der Waals surface area contributed by atoms with Crippen molar-refractivity contribution in [2.45, 2.75) is 63.3 Å². The Hall–Kier alpha value is -3.17. The molecular weight excluding hydrogens is 575 g/mol. The molecule has 1 aliphatic heterocycles. The molecule has 2 heterocycles. The van der Waals surface area contributed by atoms with Gasteiger partial charge in [-0.3, -0.25) is 4.79 Å². The number of piperidine rings is 1. The van der Waals surface area contributed by atoms with Crippen LogP contribution in [0.4, 0.5) is 30.6 Å². The van der Waals surface area contributed by atoms with Crippen molar-refractivity contribution in [2.75, 3.05) is 50.7 Å². The highest BCUT2D eigenvalue weighted by molar-refractivity contribution is 7.88. The van der Waals surface area contributed by atoms with Gasteiger partial charge >= 0.3 is 6.18 Å². The Morgan fingerprint density at radius 1 is 1.19 bits per heavy atom. The molecule has 11 nitrogen and oxygen atoms in total. The molecule has 3 N–H and O–H groups in total. The smallest absolute Gasteiger partial charge is 0.421 e. The molecule has 0 radical (unpaired) electrons. The average Bonchev–Trinajstić information content (AvgIpc) is 3.40. The molecular formula is C27H38F3N7O4S. The number of amides is 1. The van der Waals surface area contributed by atoms with Crippen LogP contribution in [0.1, 0.15) is 54.9 Å². The molecule has 1 saturated heterocycles. The number of hydrogen-bond acceptors (Lipinski definition) is 9. The van der Waals surface area contributed by atoms with Crippen molar-refractivity contribution >= 4 is 33.4 Å². The summed E-state index contributed by atoms with van der Waals surface area (Å²) in [6.07, 6.45) is 0.368. The van der Waals surface area contributed by atoms with Crippen LogP contribution in [0.2, 0.25) is 0 Å². The number of nitrogens with zero attached hydrogens (tertiary/aromatic N) is 4. The Morgan fingerprint density at radius 3 is 2.52 bits per heavy atom. The number of carbonyl (C=O) groups excluding carboxylic acids is 1. The predicted octanol–water partition coefficient (Wildman–Crippen LogP) is 3.69. The van der Waals surface area contributed by atoms with E-state index in [9.17, 15) is 26.4 Å². The number of alkyl halides is 3. The molecule has 4 rings (SSSR count). The molecule has 2 atom stereocenters. The number of carbonyl (C=O) groups is 1. The summed E-state index contributed by atoms with van der Waals surface area (Å²) in [7, 11) is -0.709. The number of benzene rings is 1. The molecule has 0 unspecified atom stereocenters. The van der Waals surface area contributed by atoms with Gasteiger partial charge in [0.15, 0.2) is 0 Å². The third kappa shape index (κ3) is 7.61. The minimum atomic E-state index is -4.74. The lowest BCUT2D eigenvalue weighted by atomic mass is 10.0. The fourth-order valence-corrected chi connectivity index (χ4v) is 6.19. The number of hydrogen-bond donors (Lipinski definition) is 3. The lowest BCUT2D eigenvalue weighted by Crippen LogP contribution is -2.44. The van der Waals surface area contributed by atoms with Gasteiger partial charge in [-0.2, -0.15) is 18.2 Å². The van der Waals surface area contributed by atoms with Crippen molar-refractivity contribution < 1.29 is 31.1 Å². The largest absolute Gasteiger partial charge is 0.495 e. The van der Waals surface area contributed by atoms with Gasteiger partial charge in [0, 0.05) is 50.0 Å². The molecule has 1 amide bonds. The molecule has 2 fully saturated rings. The summed E-state index contributed by atoms with van der Waals surface area (Å²) in [5, 5.41) is 8.79. The number of nitrogens with one attached hydrogen (secondary N) is 3. The highest BCUT2D eigenvalue weighted by atomic mass is 32.2. The minimum absolute atomic E-state index is 0.0762. The molecule has 0 spiro atoms. The van der Waals surface area contributed by atoms with E-state index >= 15 is 0 Å². The van der Waals surface area contributed by atoms with Crippen molar-refractivity contribution in [3.8, 4) is 5.75 Å². The molecule has 2 aromatic rings. The summed E-state index contributed by atoms with van der Waals surface area (Å²) in [4.78, 5) is 23.2. The molecule has 15 heteroatoms. The fourth-order valence-electron chi connectivity index (χ4n) is 5.44. The van der Waals surface area contributed by atoms with E-state index in [1.54, 1.807) is 18.2 Å². The van der Waals surface area contributed by atoms with Crippen LogP contribution in [0.25, 0.3) is 0 Å². The van der Waals surface area contributed by atoms with Crippen LogP contribution < -0.4 is 20.7 Å². The highest BCUT2D eigenvalue weighted by Crippen LogP contribution is 2.37. The van der Waals surface area contributed by atoms with Gasteiger partial charge in [0.05, 0.1) is 19.1 Å². The van der Waals surface area contributed by atoms with Gasteiger partial charge in [0.1, 0.15) is 17.1 Å². The summed E-state index contributed by atoms with van der Waals surface area (Å²) in [5.74, 6) is -0.540. The van der Waals surface area contributed by atoms with Gasteiger partial charge in [-0.05, 0) is 56.8 Å². The van der Waals surface area contributed by atoms with Crippen LogP contribution in [0.15, 0.2) is 24.4 Å². The van der Waals surface area contributed by atoms with Gasteiger partial charge in [-0.1, -0.05) is 6.92 Å². The van der Waals surface area contributed by atoms with Gasteiger partial charge in [0.2, 0.25) is 16.0 Å². The summed E-state index contributed by atoms with van der Waals surface area (Å²) in [5.41, 5.74) is -0.329. The number of anilines is 3.